The molecular formula is C31H38F4O3. The molecule has 0 bridgehead atoms. The molecule has 0 N–H and O–H groups in total. The number of ether oxygens (including phenoxy) is 2. The Balaban J connectivity index is 1.61. The summed E-state index contributed by atoms with van der Waals surface area (Å²) in [5.41, 5.74) is 0.788. The minimum atomic E-state index is -1.36. The summed E-state index contributed by atoms with van der Waals surface area (Å²) in [7, 11) is 0. The van der Waals surface area contributed by atoms with Crippen LogP contribution in [-0.4, -0.2) is 12.6 Å². The zero-order chi connectivity index (χ0) is 27.8. The van der Waals surface area contributed by atoms with E-state index in [2.05, 4.69) is 12.7 Å². The first-order chi connectivity index (χ1) is 18.2. The van der Waals surface area contributed by atoms with Crippen LogP contribution in [0.5, 0.6) is 0 Å². The summed E-state index contributed by atoms with van der Waals surface area (Å²) >= 11 is 0. The fraction of sp³-hybridized carbons (Fsp3) is 0.516. The molecule has 7 heteroatoms. The molecule has 0 aliphatic heterocycles. The molecule has 1 aromatic rings. The number of carbonyl (C=O) groups excluding carboxylic acids is 1. The predicted molar refractivity (Wildman–Crippen MR) is 140 cm³/mol. The topological polar surface area (TPSA) is 35.5 Å². The predicted octanol–water partition coefficient (Wildman–Crippen LogP) is 9.24. The van der Waals surface area contributed by atoms with Gasteiger partial charge in [-0.25, -0.2) is 8.78 Å². The van der Waals surface area contributed by atoms with Crippen LogP contribution in [0.2, 0.25) is 0 Å². The second kappa shape index (κ2) is 13.8. The van der Waals surface area contributed by atoms with Crippen LogP contribution in [0.1, 0.15) is 95.1 Å². The zero-order valence-corrected chi connectivity index (χ0v) is 22.5. The standard InChI is InChI=1S/C31H38F4O3/c1-5-8-20-9-11-21(12-10-20)24-17-18-25(29(34)28(24)33)22-13-15-23(16-14-22)31(36)38-26(6-2)30(35)27(32)19(4)37-7-3/h5-6,8,17-18,20-23H,4,7,9-16H2,1-3H3/b8-5+,26-6+,30-27-. The van der Waals surface area contributed by atoms with E-state index in [9.17, 15) is 13.6 Å². The number of hydrogen-bond donors (Lipinski definition) is 0. The van der Waals surface area contributed by atoms with Crippen molar-refractivity contribution in [3.63, 3.8) is 0 Å². The summed E-state index contributed by atoms with van der Waals surface area (Å²) < 4.78 is 69.0. The van der Waals surface area contributed by atoms with Crippen LogP contribution in [0.15, 0.2) is 60.1 Å². The molecule has 0 amide bonds. The van der Waals surface area contributed by atoms with Gasteiger partial charge in [0.15, 0.2) is 23.2 Å². The van der Waals surface area contributed by atoms with Crippen LogP contribution >= 0.6 is 0 Å². The van der Waals surface area contributed by atoms with Gasteiger partial charge in [-0.15, -0.1) is 0 Å². The van der Waals surface area contributed by atoms with Gasteiger partial charge in [0.2, 0.25) is 11.7 Å². The van der Waals surface area contributed by atoms with Crippen molar-refractivity contribution in [2.45, 2.75) is 84.0 Å². The van der Waals surface area contributed by atoms with Crippen LogP contribution in [0, 0.1) is 23.5 Å². The van der Waals surface area contributed by atoms with E-state index in [1.807, 2.05) is 13.0 Å². The molecule has 208 valence electrons. The lowest BCUT2D eigenvalue weighted by molar-refractivity contribution is -0.145. The average molecular weight is 535 g/mol. The molecule has 2 aliphatic rings. The summed E-state index contributed by atoms with van der Waals surface area (Å²) in [4.78, 5) is 12.7. The second-order valence-corrected chi connectivity index (χ2v) is 10.1. The van der Waals surface area contributed by atoms with Crippen molar-refractivity contribution in [2.75, 3.05) is 6.61 Å². The first-order valence-electron chi connectivity index (χ1n) is 13.6. The third-order valence-corrected chi connectivity index (χ3v) is 7.76. The van der Waals surface area contributed by atoms with Crippen molar-refractivity contribution in [2.24, 2.45) is 11.8 Å². The van der Waals surface area contributed by atoms with E-state index in [4.69, 9.17) is 9.47 Å². The Morgan fingerprint density at radius 3 is 1.92 bits per heavy atom. The molecule has 0 aromatic heterocycles. The Labute approximate surface area is 223 Å². The summed E-state index contributed by atoms with van der Waals surface area (Å²) in [5, 5.41) is 0. The van der Waals surface area contributed by atoms with E-state index in [1.54, 1.807) is 19.1 Å². The Morgan fingerprint density at radius 2 is 1.45 bits per heavy atom. The van der Waals surface area contributed by atoms with Crippen LogP contribution in [-0.2, 0) is 14.3 Å². The van der Waals surface area contributed by atoms with Crippen molar-refractivity contribution in [1.29, 1.82) is 0 Å². The van der Waals surface area contributed by atoms with Gasteiger partial charge >= 0.3 is 5.97 Å². The summed E-state index contributed by atoms with van der Waals surface area (Å²) in [6.07, 6.45) is 10.7. The fourth-order valence-corrected chi connectivity index (χ4v) is 5.64. The average Bonchev–Trinajstić information content (AvgIpc) is 2.93. The highest BCUT2D eigenvalue weighted by Gasteiger charge is 2.33. The molecule has 3 rings (SSSR count). The summed E-state index contributed by atoms with van der Waals surface area (Å²) in [6, 6.07) is 3.42. The number of benzene rings is 1. The van der Waals surface area contributed by atoms with Gasteiger partial charge in [-0.2, -0.15) is 8.78 Å². The Bertz CT molecular complexity index is 1090. The highest BCUT2D eigenvalue weighted by atomic mass is 19.2. The van der Waals surface area contributed by atoms with E-state index in [0.717, 1.165) is 31.8 Å². The Morgan fingerprint density at radius 1 is 0.921 bits per heavy atom. The molecule has 0 unspecified atom stereocenters. The van der Waals surface area contributed by atoms with Gasteiger partial charge in [0.25, 0.3) is 0 Å². The Kier molecular flexibility index (Phi) is 10.8. The molecule has 1 aromatic carbocycles. The quantitative estimate of drug-likeness (QED) is 0.104. The normalized spacial score (nSPS) is 25.2. The minimum absolute atomic E-state index is 0.0244. The number of allylic oxidation sites excluding steroid dienone is 5. The smallest absolute Gasteiger partial charge is 0.314 e. The maximum Gasteiger partial charge on any atom is 0.314 e. The molecule has 2 saturated carbocycles. The minimum Gasteiger partial charge on any atom is -0.491 e. The summed E-state index contributed by atoms with van der Waals surface area (Å²) in [5.74, 6) is -6.19. The molecule has 0 saturated heterocycles. The number of carbonyl (C=O) groups is 1. The lowest BCUT2D eigenvalue weighted by Crippen LogP contribution is -2.24. The first kappa shape index (κ1) is 29.7. The SMILES string of the molecule is C=C(OCC)/C(F)=C(F)\C(=C/C)OC(=O)C1CCC(c2ccc(C3CCC(/C=C/C)CC3)c(F)c2F)CC1. The summed E-state index contributed by atoms with van der Waals surface area (Å²) in [6.45, 7) is 8.45. The molecule has 0 spiro atoms. The van der Waals surface area contributed by atoms with E-state index < -0.39 is 46.7 Å². The molecule has 0 heterocycles. The molecule has 38 heavy (non-hydrogen) atoms. The maximum atomic E-state index is 15.2. The zero-order valence-electron chi connectivity index (χ0n) is 22.5. The van der Waals surface area contributed by atoms with Crippen LogP contribution in [0.25, 0.3) is 0 Å². The van der Waals surface area contributed by atoms with E-state index >= 15 is 8.78 Å². The number of esters is 1. The van der Waals surface area contributed by atoms with Crippen molar-refractivity contribution >= 4 is 5.97 Å². The van der Waals surface area contributed by atoms with Crippen LogP contribution in [0.3, 0.4) is 0 Å². The van der Waals surface area contributed by atoms with Gasteiger partial charge in [-0.05, 0) is 107 Å². The van der Waals surface area contributed by atoms with Gasteiger partial charge in [-0.1, -0.05) is 30.9 Å². The highest BCUT2D eigenvalue weighted by Crippen LogP contribution is 2.42. The third kappa shape index (κ3) is 6.97. The van der Waals surface area contributed by atoms with Gasteiger partial charge < -0.3 is 9.47 Å². The molecular weight excluding hydrogens is 496 g/mol. The molecule has 3 nitrogen and oxygen atoms in total. The van der Waals surface area contributed by atoms with Crippen LogP contribution in [0.4, 0.5) is 17.6 Å². The molecule has 0 radical (unpaired) electrons. The van der Waals surface area contributed by atoms with Crippen molar-refractivity contribution < 1.29 is 31.8 Å². The van der Waals surface area contributed by atoms with Crippen molar-refractivity contribution in [3.05, 3.63) is 82.9 Å². The number of rotatable bonds is 9. The second-order valence-electron chi connectivity index (χ2n) is 10.1. The van der Waals surface area contributed by atoms with Crippen molar-refractivity contribution in [1.82, 2.24) is 0 Å². The number of hydrogen-bond acceptors (Lipinski definition) is 3. The monoisotopic (exact) mass is 534 g/mol. The third-order valence-electron chi connectivity index (χ3n) is 7.76. The number of halogens is 4. The van der Waals surface area contributed by atoms with Crippen molar-refractivity contribution in [3.8, 4) is 0 Å². The first-order valence-corrected chi connectivity index (χ1v) is 13.6. The van der Waals surface area contributed by atoms with E-state index in [1.165, 1.54) is 6.92 Å². The van der Waals surface area contributed by atoms with Gasteiger partial charge in [0.1, 0.15) is 0 Å². The fourth-order valence-electron chi connectivity index (χ4n) is 5.64. The lowest BCUT2D eigenvalue weighted by atomic mass is 9.76. The van der Waals surface area contributed by atoms with Gasteiger partial charge in [0, 0.05) is 0 Å². The van der Waals surface area contributed by atoms with Gasteiger partial charge in [0.05, 0.1) is 12.5 Å². The molecule has 0 atom stereocenters. The Hall–Kier alpha value is -2.83. The van der Waals surface area contributed by atoms with Crippen LogP contribution < -0.4 is 0 Å². The molecule has 2 fully saturated rings. The highest BCUT2D eigenvalue weighted by molar-refractivity contribution is 5.74. The largest absolute Gasteiger partial charge is 0.491 e. The van der Waals surface area contributed by atoms with Gasteiger partial charge in [-0.3, -0.25) is 4.79 Å². The molecule has 2 aliphatic carbocycles. The maximum absolute atomic E-state index is 15.2. The van der Waals surface area contributed by atoms with E-state index in [-0.39, 0.29) is 18.4 Å². The van der Waals surface area contributed by atoms with E-state index in [0.29, 0.717) is 42.7 Å². The lowest BCUT2D eigenvalue weighted by Gasteiger charge is -2.30.